The van der Waals surface area contributed by atoms with Crippen LogP contribution in [0.5, 0.6) is 5.75 Å². The molecule has 3 heteroatoms. The molecule has 0 heterocycles. The first-order chi connectivity index (χ1) is 11.3. The monoisotopic (exact) mass is 299 g/mol. The fraction of sp³-hybridized carbons (Fsp3) is 0. The van der Waals surface area contributed by atoms with E-state index in [2.05, 4.69) is 0 Å². The number of nitrogens with zero attached hydrogens (tertiary/aromatic N) is 1. The SMILES string of the molecule is N#Cc1ccc(OC(=O)c2ccccc2-c2ccccc2)cc1. The zero-order valence-corrected chi connectivity index (χ0v) is 12.3. The van der Waals surface area contributed by atoms with Gasteiger partial charge in [-0.3, -0.25) is 0 Å². The molecule has 3 aromatic carbocycles. The molecule has 0 aliphatic rings. The average Bonchev–Trinajstić information content (AvgIpc) is 2.63. The lowest BCUT2D eigenvalue weighted by molar-refractivity contribution is 0.0735. The number of benzene rings is 3. The fourth-order valence-corrected chi connectivity index (χ4v) is 2.29. The van der Waals surface area contributed by atoms with Crippen molar-refractivity contribution in [2.75, 3.05) is 0 Å². The van der Waals surface area contributed by atoms with Crippen LogP contribution in [0.25, 0.3) is 11.1 Å². The Morgan fingerprint density at radius 2 is 1.48 bits per heavy atom. The Morgan fingerprint density at radius 3 is 2.17 bits per heavy atom. The molecule has 3 rings (SSSR count). The van der Waals surface area contributed by atoms with Crippen molar-refractivity contribution >= 4 is 5.97 Å². The number of carbonyl (C=O) groups is 1. The van der Waals surface area contributed by atoms with Gasteiger partial charge in [-0.05, 0) is 41.5 Å². The molecule has 0 bridgehead atoms. The van der Waals surface area contributed by atoms with Crippen molar-refractivity contribution in [1.29, 1.82) is 5.26 Å². The Balaban J connectivity index is 1.89. The molecule has 0 spiro atoms. The van der Waals surface area contributed by atoms with Gasteiger partial charge >= 0.3 is 5.97 Å². The lowest BCUT2D eigenvalue weighted by Crippen LogP contribution is -2.10. The first kappa shape index (κ1) is 14.6. The Labute approximate surface area is 134 Å². The van der Waals surface area contributed by atoms with Crippen LogP contribution in [0.2, 0.25) is 0 Å². The van der Waals surface area contributed by atoms with Crippen molar-refractivity contribution in [3.63, 3.8) is 0 Å². The first-order valence-corrected chi connectivity index (χ1v) is 7.15. The minimum Gasteiger partial charge on any atom is -0.423 e. The highest BCUT2D eigenvalue weighted by Gasteiger charge is 2.14. The summed E-state index contributed by atoms with van der Waals surface area (Å²) >= 11 is 0. The van der Waals surface area contributed by atoms with Gasteiger partial charge in [0.2, 0.25) is 0 Å². The summed E-state index contributed by atoms with van der Waals surface area (Å²) < 4.78 is 5.41. The highest BCUT2D eigenvalue weighted by atomic mass is 16.5. The van der Waals surface area contributed by atoms with Gasteiger partial charge < -0.3 is 4.74 Å². The maximum atomic E-state index is 12.5. The third kappa shape index (κ3) is 3.28. The molecule has 110 valence electrons. The van der Waals surface area contributed by atoms with Gasteiger partial charge in [-0.15, -0.1) is 0 Å². The number of nitriles is 1. The third-order valence-corrected chi connectivity index (χ3v) is 3.43. The van der Waals surface area contributed by atoms with E-state index in [9.17, 15) is 4.79 Å². The van der Waals surface area contributed by atoms with Crippen LogP contribution in [-0.4, -0.2) is 5.97 Å². The van der Waals surface area contributed by atoms with Gasteiger partial charge in [0, 0.05) is 0 Å². The number of rotatable bonds is 3. The van der Waals surface area contributed by atoms with Crippen LogP contribution in [0, 0.1) is 11.3 Å². The molecule has 0 aliphatic heterocycles. The van der Waals surface area contributed by atoms with Gasteiger partial charge in [-0.1, -0.05) is 48.5 Å². The van der Waals surface area contributed by atoms with Gasteiger partial charge in [-0.2, -0.15) is 5.26 Å². The second kappa shape index (κ2) is 6.59. The van der Waals surface area contributed by atoms with E-state index in [0.717, 1.165) is 11.1 Å². The molecule has 3 aromatic rings. The average molecular weight is 299 g/mol. The molecule has 0 aliphatic carbocycles. The Kier molecular flexibility index (Phi) is 4.17. The number of hydrogen-bond acceptors (Lipinski definition) is 3. The molecule has 0 amide bonds. The van der Waals surface area contributed by atoms with Crippen LogP contribution in [0.4, 0.5) is 0 Å². The van der Waals surface area contributed by atoms with E-state index in [-0.39, 0.29) is 0 Å². The van der Waals surface area contributed by atoms with Crippen LogP contribution in [0.1, 0.15) is 15.9 Å². The summed E-state index contributed by atoms with van der Waals surface area (Å²) in [5, 5.41) is 8.79. The third-order valence-electron chi connectivity index (χ3n) is 3.43. The van der Waals surface area contributed by atoms with Gasteiger partial charge in [0.1, 0.15) is 5.75 Å². The molecule has 0 N–H and O–H groups in total. The maximum absolute atomic E-state index is 12.5. The molecule has 0 radical (unpaired) electrons. The second-order valence-electron chi connectivity index (χ2n) is 4.94. The van der Waals surface area contributed by atoms with Crippen molar-refractivity contribution in [1.82, 2.24) is 0 Å². The summed E-state index contributed by atoms with van der Waals surface area (Å²) in [4.78, 5) is 12.5. The van der Waals surface area contributed by atoms with Crippen molar-refractivity contribution < 1.29 is 9.53 Å². The maximum Gasteiger partial charge on any atom is 0.344 e. The summed E-state index contributed by atoms with van der Waals surface area (Å²) in [6, 6.07) is 25.5. The second-order valence-corrected chi connectivity index (χ2v) is 4.94. The fourth-order valence-electron chi connectivity index (χ4n) is 2.29. The predicted molar refractivity (Wildman–Crippen MR) is 88.0 cm³/mol. The molecule has 0 saturated carbocycles. The van der Waals surface area contributed by atoms with Crippen molar-refractivity contribution in [2.45, 2.75) is 0 Å². The van der Waals surface area contributed by atoms with E-state index in [4.69, 9.17) is 10.00 Å². The summed E-state index contributed by atoms with van der Waals surface area (Å²) in [6.07, 6.45) is 0. The zero-order chi connectivity index (χ0) is 16.1. The minimum absolute atomic E-state index is 0.414. The van der Waals surface area contributed by atoms with Crippen molar-refractivity contribution in [3.05, 3.63) is 90.0 Å². The zero-order valence-electron chi connectivity index (χ0n) is 12.3. The first-order valence-electron chi connectivity index (χ1n) is 7.15. The van der Waals surface area contributed by atoms with Crippen LogP contribution in [0.3, 0.4) is 0 Å². The normalized spacial score (nSPS) is 9.87. The van der Waals surface area contributed by atoms with Crippen molar-refractivity contribution in [2.24, 2.45) is 0 Å². The minimum atomic E-state index is -0.422. The van der Waals surface area contributed by atoms with Crippen LogP contribution in [-0.2, 0) is 0 Å². The van der Waals surface area contributed by atoms with Gasteiger partial charge in [0.15, 0.2) is 0 Å². The molecule has 0 unspecified atom stereocenters. The molecule has 23 heavy (non-hydrogen) atoms. The number of ether oxygens (including phenoxy) is 1. The van der Waals surface area contributed by atoms with E-state index in [1.165, 1.54) is 0 Å². The Hall–Kier alpha value is -3.38. The van der Waals surface area contributed by atoms with Crippen LogP contribution < -0.4 is 4.74 Å². The summed E-state index contributed by atoms with van der Waals surface area (Å²) in [7, 11) is 0. The predicted octanol–water partition coefficient (Wildman–Crippen LogP) is 4.44. The summed E-state index contributed by atoms with van der Waals surface area (Å²) in [6.45, 7) is 0. The van der Waals surface area contributed by atoms with Crippen LogP contribution >= 0.6 is 0 Å². The molecular weight excluding hydrogens is 286 g/mol. The smallest absolute Gasteiger partial charge is 0.344 e. The molecule has 0 fully saturated rings. The quantitative estimate of drug-likeness (QED) is 0.530. The largest absolute Gasteiger partial charge is 0.423 e. The molecular formula is C20H13NO2. The molecule has 0 aromatic heterocycles. The Bertz CT molecular complexity index is 862. The van der Waals surface area contributed by atoms with Gasteiger partial charge in [0.05, 0.1) is 17.2 Å². The highest BCUT2D eigenvalue weighted by Crippen LogP contribution is 2.24. The van der Waals surface area contributed by atoms with E-state index in [1.807, 2.05) is 54.6 Å². The van der Waals surface area contributed by atoms with Crippen LogP contribution in [0.15, 0.2) is 78.9 Å². The van der Waals surface area contributed by atoms with E-state index in [1.54, 1.807) is 30.3 Å². The highest BCUT2D eigenvalue weighted by molar-refractivity contribution is 5.98. The summed E-state index contributed by atoms with van der Waals surface area (Å²) in [5.74, 6) is -0.00831. The number of carbonyl (C=O) groups excluding carboxylic acids is 1. The van der Waals surface area contributed by atoms with Crippen molar-refractivity contribution in [3.8, 4) is 22.9 Å². The van der Waals surface area contributed by atoms with Gasteiger partial charge in [-0.25, -0.2) is 4.79 Å². The van der Waals surface area contributed by atoms with E-state index < -0.39 is 5.97 Å². The van der Waals surface area contributed by atoms with E-state index in [0.29, 0.717) is 16.9 Å². The number of esters is 1. The standard InChI is InChI=1S/C20H13NO2/c21-14-15-10-12-17(13-11-15)23-20(22)19-9-5-4-8-18(19)16-6-2-1-3-7-16/h1-13H. The lowest BCUT2D eigenvalue weighted by atomic mass is 10.00. The molecule has 0 atom stereocenters. The molecule has 0 saturated heterocycles. The Morgan fingerprint density at radius 1 is 0.826 bits per heavy atom. The lowest BCUT2D eigenvalue weighted by Gasteiger charge is -2.09. The topological polar surface area (TPSA) is 50.1 Å². The van der Waals surface area contributed by atoms with Gasteiger partial charge in [0.25, 0.3) is 0 Å². The molecule has 3 nitrogen and oxygen atoms in total. The van der Waals surface area contributed by atoms with E-state index >= 15 is 0 Å². The summed E-state index contributed by atoms with van der Waals surface area (Å²) in [5.41, 5.74) is 2.81. The number of hydrogen-bond donors (Lipinski definition) is 0.